The molecule has 108 valence electrons. The first-order chi connectivity index (χ1) is 10.6. The zero-order chi connectivity index (χ0) is 15.7. The lowest BCUT2D eigenvalue weighted by Gasteiger charge is -2.05. The van der Waals surface area contributed by atoms with Gasteiger partial charge in [0.25, 0.3) is 0 Å². The van der Waals surface area contributed by atoms with Crippen molar-refractivity contribution in [1.82, 2.24) is 0 Å². The number of esters is 1. The van der Waals surface area contributed by atoms with E-state index in [9.17, 15) is 4.79 Å². The molecule has 3 aromatic rings. The maximum Gasteiger partial charge on any atom is 0.379 e. The van der Waals surface area contributed by atoms with Crippen LogP contribution in [0.2, 0.25) is 5.02 Å². The number of carbonyl (C=O) groups excluding carboxylic acids is 1. The summed E-state index contributed by atoms with van der Waals surface area (Å²) >= 11 is 6.00. The number of rotatable bonds is 2. The second-order valence-corrected chi connectivity index (χ2v) is 5.11. The van der Waals surface area contributed by atoms with Gasteiger partial charge in [0.15, 0.2) is 0 Å². The van der Waals surface area contributed by atoms with Crippen LogP contribution in [0.3, 0.4) is 0 Å². The average molecular weight is 312 g/mol. The molecule has 4 nitrogen and oxygen atoms in total. The van der Waals surface area contributed by atoms with Crippen molar-refractivity contribution in [2.75, 3.05) is 0 Å². The Morgan fingerprint density at radius 2 is 2.05 bits per heavy atom. The predicted molar refractivity (Wildman–Crippen MR) is 82.1 cm³/mol. The highest BCUT2D eigenvalue weighted by Gasteiger charge is 2.20. The van der Waals surface area contributed by atoms with Gasteiger partial charge in [0, 0.05) is 10.9 Å². The lowest BCUT2D eigenvalue weighted by Crippen LogP contribution is -2.09. The number of hydrogen-bond acceptors (Lipinski definition) is 4. The fourth-order valence-corrected chi connectivity index (χ4v) is 2.39. The third-order valence-electron chi connectivity index (χ3n) is 3.29. The molecule has 1 heterocycles. The molecular formula is C17H10ClNO3. The molecule has 0 N–H and O–H groups in total. The minimum absolute atomic E-state index is 0.140. The zero-order valence-electron chi connectivity index (χ0n) is 11.6. The van der Waals surface area contributed by atoms with Crippen LogP contribution in [-0.2, 0) is 0 Å². The molecule has 5 heteroatoms. The summed E-state index contributed by atoms with van der Waals surface area (Å²) in [5.74, 6) is -0.299. The standard InChI is InChI=1S/C17H10ClNO3/c1-10-12-4-2-3-5-14(12)21-16(10)17(20)22-15-7-6-11(9-19)8-13(15)18/h2-8H,1H3. The van der Waals surface area contributed by atoms with Gasteiger partial charge >= 0.3 is 5.97 Å². The van der Waals surface area contributed by atoms with E-state index in [2.05, 4.69) is 0 Å². The number of hydrogen-bond donors (Lipinski definition) is 0. The number of nitrogens with zero attached hydrogens (tertiary/aromatic N) is 1. The summed E-state index contributed by atoms with van der Waals surface area (Å²) in [5.41, 5.74) is 1.73. The van der Waals surface area contributed by atoms with Crippen molar-refractivity contribution in [2.45, 2.75) is 6.92 Å². The Morgan fingerprint density at radius 3 is 2.73 bits per heavy atom. The SMILES string of the molecule is Cc1c(C(=O)Oc2ccc(C#N)cc2Cl)oc2ccccc12. The second kappa shape index (κ2) is 5.55. The largest absolute Gasteiger partial charge is 0.449 e. The van der Waals surface area contributed by atoms with Crippen LogP contribution >= 0.6 is 11.6 Å². The topological polar surface area (TPSA) is 63.2 Å². The normalized spacial score (nSPS) is 10.4. The highest BCUT2D eigenvalue weighted by Crippen LogP contribution is 2.29. The molecule has 0 radical (unpaired) electrons. The molecule has 22 heavy (non-hydrogen) atoms. The summed E-state index contributed by atoms with van der Waals surface area (Å²) in [5, 5.41) is 9.86. The average Bonchev–Trinajstić information content (AvgIpc) is 2.87. The highest BCUT2D eigenvalue weighted by molar-refractivity contribution is 6.32. The fraction of sp³-hybridized carbons (Fsp3) is 0.0588. The molecule has 0 atom stereocenters. The van der Waals surface area contributed by atoms with Gasteiger partial charge < -0.3 is 9.15 Å². The predicted octanol–water partition coefficient (Wildman–Crippen LogP) is 4.49. The smallest absolute Gasteiger partial charge is 0.379 e. The zero-order valence-corrected chi connectivity index (χ0v) is 12.3. The van der Waals surface area contributed by atoms with Crippen LogP contribution in [0.4, 0.5) is 0 Å². The van der Waals surface area contributed by atoms with Gasteiger partial charge in [-0.3, -0.25) is 0 Å². The van der Waals surface area contributed by atoms with E-state index in [-0.39, 0.29) is 16.5 Å². The number of ether oxygens (including phenoxy) is 1. The maximum atomic E-state index is 12.3. The Kier molecular flexibility index (Phi) is 3.58. The Balaban J connectivity index is 1.94. The summed E-state index contributed by atoms with van der Waals surface area (Å²) in [4.78, 5) is 12.3. The van der Waals surface area contributed by atoms with Crippen molar-refractivity contribution >= 4 is 28.5 Å². The van der Waals surface area contributed by atoms with E-state index in [1.54, 1.807) is 13.0 Å². The lowest BCUT2D eigenvalue weighted by molar-refractivity contribution is 0.0703. The molecule has 0 aliphatic rings. The minimum Gasteiger partial charge on any atom is -0.449 e. The molecule has 2 aromatic carbocycles. The summed E-state index contributed by atoms with van der Waals surface area (Å²) in [7, 11) is 0. The van der Waals surface area contributed by atoms with E-state index in [0.717, 1.165) is 5.39 Å². The maximum absolute atomic E-state index is 12.3. The molecule has 1 aromatic heterocycles. The Hall–Kier alpha value is -2.77. The van der Waals surface area contributed by atoms with Gasteiger partial charge in [0.05, 0.1) is 16.7 Å². The molecule has 0 amide bonds. The van der Waals surface area contributed by atoms with E-state index >= 15 is 0 Å². The monoisotopic (exact) mass is 311 g/mol. The van der Waals surface area contributed by atoms with E-state index in [1.165, 1.54) is 18.2 Å². The van der Waals surface area contributed by atoms with Crippen molar-refractivity contribution < 1.29 is 13.9 Å². The number of fused-ring (bicyclic) bond motifs is 1. The van der Waals surface area contributed by atoms with Crippen molar-refractivity contribution in [3.8, 4) is 11.8 Å². The molecule has 0 fully saturated rings. The number of para-hydroxylation sites is 1. The van der Waals surface area contributed by atoms with Crippen LogP contribution in [0, 0.1) is 18.3 Å². The van der Waals surface area contributed by atoms with Gasteiger partial charge in [-0.2, -0.15) is 5.26 Å². The minimum atomic E-state index is -0.625. The summed E-state index contributed by atoms with van der Waals surface area (Å²) in [6.45, 7) is 1.79. The molecule has 0 spiro atoms. The molecular weight excluding hydrogens is 302 g/mol. The van der Waals surface area contributed by atoms with Crippen molar-refractivity contribution in [3.63, 3.8) is 0 Å². The Labute approximate surface area is 131 Å². The number of nitriles is 1. The van der Waals surface area contributed by atoms with E-state index < -0.39 is 5.97 Å². The number of carbonyl (C=O) groups is 1. The first-order valence-electron chi connectivity index (χ1n) is 6.50. The lowest BCUT2D eigenvalue weighted by atomic mass is 10.1. The third-order valence-corrected chi connectivity index (χ3v) is 3.59. The van der Waals surface area contributed by atoms with Crippen molar-refractivity contribution in [3.05, 3.63) is 64.4 Å². The first-order valence-corrected chi connectivity index (χ1v) is 6.88. The van der Waals surface area contributed by atoms with Gasteiger partial charge in [-0.05, 0) is 31.2 Å². The van der Waals surface area contributed by atoms with E-state index in [4.69, 9.17) is 26.0 Å². The third kappa shape index (κ3) is 2.43. The van der Waals surface area contributed by atoms with Crippen LogP contribution in [-0.4, -0.2) is 5.97 Å². The van der Waals surface area contributed by atoms with Crippen LogP contribution in [0.25, 0.3) is 11.0 Å². The van der Waals surface area contributed by atoms with Gasteiger partial charge in [-0.1, -0.05) is 29.8 Å². The number of benzene rings is 2. The fourth-order valence-electron chi connectivity index (χ4n) is 2.17. The molecule has 0 aliphatic heterocycles. The molecule has 0 aliphatic carbocycles. The van der Waals surface area contributed by atoms with E-state index in [1.807, 2.05) is 24.3 Å². The summed E-state index contributed by atoms with van der Waals surface area (Å²) < 4.78 is 10.8. The van der Waals surface area contributed by atoms with Crippen LogP contribution < -0.4 is 4.74 Å². The molecule has 0 saturated carbocycles. The molecule has 0 bridgehead atoms. The Morgan fingerprint density at radius 1 is 1.27 bits per heavy atom. The van der Waals surface area contributed by atoms with E-state index in [0.29, 0.717) is 16.7 Å². The first kappa shape index (κ1) is 14.2. The number of aryl methyl sites for hydroxylation is 1. The molecule has 0 saturated heterocycles. The van der Waals surface area contributed by atoms with Crippen LogP contribution in [0.15, 0.2) is 46.9 Å². The van der Waals surface area contributed by atoms with Gasteiger partial charge in [0.1, 0.15) is 11.3 Å². The summed E-state index contributed by atoms with van der Waals surface area (Å²) in [6.07, 6.45) is 0. The molecule has 3 rings (SSSR count). The van der Waals surface area contributed by atoms with Crippen LogP contribution in [0.1, 0.15) is 21.7 Å². The van der Waals surface area contributed by atoms with Gasteiger partial charge in [-0.15, -0.1) is 0 Å². The van der Waals surface area contributed by atoms with Crippen LogP contribution in [0.5, 0.6) is 5.75 Å². The quantitative estimate of drug-likeness (QED) is 0.517. The second-order valence-electron chi connectivity index (χ2n) is 4.70. The van der Waals surface area contributed by atoms with Gasteiger partial charge in [0.2, 0.25) is 5.76 Å². The van der Waals surface area contributed by atoms with Crippen molar-refractivity contribution in [1.29, 1.82) is 5.26 Å². The van der Waals surface area contributed by atoms with Crippen molar-refractivity contribution in [2.24, 2.45) is 0 Å². The molecule has 0 unspecified atom stereocenters. The summed E-state index contributed by atoms with van der Waals surface area (Å²) in [6, 6.07) is 13.8. The Bertz CT molecular complexity index is 921. The van der Waals surface area contributed by atoms with Gasteiger partial charge in [-0.25, -0.2) is 4.79 Å². The highest BCUT2D eigenvalue weighted by atomic mass is 35.5. The number of furan rings is 1. The number of halogens is 1.